The van der Waals surface area contributed by atoms with Crippen LogP contribution in [0.2, 0.25) is 0 Å². The Morgan fingerprint density at radius 1 is 0.731 bits per heavy atom. The molecule has 1 saturated carbocycles. The minimum Gasteiger partial charge on any atom is -0.347 e. The van der Waals surface area contributed by atoms with Crippen molar-refractivity contribution in [2.75, 3.05) is 33.0 Å². The molecule has 0 saturated heterocycles. The first kappa shape index (κ1) is 34.9. The molecule has 0 unspecified atom stereocenters. The van der Waals surface area contributed by atoms with Crippen LogP contribution in [0.5, 0.6) is 0 Å². The van der Waals surface area contributed by atoms with E-state index in [4.69, 9.17) is 0 Å². The zero-order valence-electron chi connectivity index (χ0n) is 30.1. The molecule has 7 rings (SSSR count). The molecule has 9 nitrogen and oxygen atoms in total. The molecule has 4 aromatic carbocycles. The van der Waals surface area contributed by atoms with Crippen LogP contribution in [0.25, 0.3) is 11.1 Å². The number of fused-ring (bicyclic) bond motifs is 2. The lowest BCUT2D eigenvalue weighted by atomic mass is 9.71. The highest BCUT2D eigenvalue weighted by Crippen LogP contribution is 2.49. The van der Waals surface area contributed by atoms with Crippen LogP contribution >= 0.6 is 0 Å². The van der Waals surface area contributed by atoms with E-state index in [1.54, 1.807) is 19.0 Å². The Bertz CT molecular complexity index is 2060. The number of carbonyl (C=O) groups is 3. The molecule has 3 N–H and O–H groups in total. The normalized spacial score (nSPS) is 14.7. The monoisotopic (exact) mass is 694 g/mol. The largest absolute Gasteiger partial charge is 0.347 e. The average Bonchev–Trinajstić information content (AvgIpc) is 3.59. The number of hydrogen-bond acceptors (Lipinski definition) is 5. The van der Waals surface area contributed by atoms with Gasteiger partial charge >= 0.3 is 0 Å². The summed E-state index contributed by atoms with van der Waals surface area (Å²) in [6.45, 7) is 3.55. The first-order chi connectivity index (χ1) is 25.3. The molecular formula is C43H46N6O3. The summed E-state index contributed by atoms with van der Waals surface area (Å²) >= 11 is 0. The maximum atomic E-state index is 13.5. The minimum atomic E-state index is -0.175. The molecule has 52 heavy (non-hydrogen) atoms. The molecule has 5 aromatic rings. The fraction of sp³-hybridized carbons (Fsp3) is 0.279. The number of carbonyl (C=O) groups excluding carboxylic acids is 3. The van der Waals surface area contributed by atoms with Crippen molar-refractivity contribution in [2.45, 2.75) is 51.0 Å². The van der Waals surface area contributed by atoms with Crippen LogP contribution in [-0.2, 0) is 31.7 Å². The lowest BCUT2D eigenvalue weighted by Crippen LogP contribution is -2.56. The summed E-state index contributed by atoms with van der Waals surface area (Å²) < 4.78 is 2.20. The van der Waals surface area contributed by atoms with Crippen LogP contribution in [0.3, 0.4) is 0 Å². The number of amides is 3. The Hall–Kier alpha value is -5.51. The van der Waals surface area contributed by atoms with Gasteiger partial charge in [-0.1, -0.05) is 60.7 Å². The highest BCUT2D eigenvalue weighted by atomic mass is 16.2. The average molecular weight is 695 g/mol. The van der Waals surface area contributed by atoms with E-state index >= 15 is 0 Å². The van der Waals surface area contributed by atoms with Crippen molar-refractivity contribution in [3.05, 3.63) is 148 Å². The molecule has 1 aliphatic carbocycles. The summed E-state index contributed by atoms with van der Waals surface area (Å²) in [6, 6.07) is 35.5. The number of nitrogens with one attached hydrogen (secondary N) is 3. The Morgan fingerprint density at radius 2 is 1.42 bits per heavy atom. The summed E-state index contributed by atoms with van der Waals surface area (Å²) in [7, 11) is 5.46. The van der Waals surface area contributed by atoms with Crippen molar-refractivity contribution in [2.24, 2.45) is 0 Å². The van der Waals surface area contributed by atoms with Crippen molar-refractivity contribution in [3.63, 3.8) is 0 Å². The van der Waals surface area contributed by atoms with Gasteiger partial charge in [0.2, 0.25) is 0 Å². The molecule has 3 amide bonds. The first-order valence-corrected chi connectivity index (χ1v) is 18.0. The second-order valence-electron chi connectivity index (χ2n) is 14.1. The zero-order chi connectivity index (χ0) is 36.2. The lowest BCUT2D eigenvalue weighted by molar-refractivity contribution is -0.0217. The van der Waals surface area contributed by atoms with Crippen molar-refractivity contribution < 1.29 is 14.4 Å². The SMILES string of the molecule is CNCc1ccccc1-c1ccc(C(=O)Nc2ccc(CNC(=O)c3ccc4n3CCN(Cc3ccc(C(=O)N(C)C)cc3)C43CCC3)cc2)cc1. The third-order valence-electron chi connectivity index (χ3n) is 10.6. The van der Waals surface area contributed by atoms with Gasteiger partial charge in [-0.15, -0.1) is 0 Å². The van der Waals surface area contributed by atoms with E-state index in [1.165, 1.54) is 16.8 Å². The van der Waals surface area contributed by atoms with E-state index in [2.05, 4.69) is 55.7 Å². The van der Waals surface area contributed by atoms with E-state index in [1.807, 2.05) is 85.9 Å². The predicted molar refractivity (Wildman–Crippen MR) is 205 cm³/mol. The van der Waals surface area contributed by atoms with Crippen molar-refractivity contribution in [3.8, 4) is 11.1 Å². The van der Waals surface area contributed by atoms with Crippen molar-refractivity contribution in [1.82, 2.24) is 25.0 Å². The molecule has 266 valence electrons. The van der Waals surface area contributed by atoms with Crippen molar-refractivity contribution >= 4 is 23.4 Å². The van der Waals surface area contributed by atoms with Crippen LogP contribution in [-0.4, -0.2) is 59.8 Å². The van der Waals surface area contributed by atoms with Gasteiger partial charge in [0, 0.05) is 69.3 Å². The number of anilines is 1. The van der Waals surface area contributed by atoms with E-state index in [0.29, 0.717) is 29.1 Å². The van der Waals surface area contributed by atoms with Gasteiger partial charge in [-0.05, 0) is 103 Å². The number of aromatic nitrogens is 1. The van der Waals surface area contributed by atoms with Gasteiger partial charge in [0.15, 0.2) is 0 Å². The lowest BCUT2D eigenvalue weighted by Gasteiger charge is -2.53. The molecule has 0 atom stereocenters. The summed E-state index contributed by atoms with van der Waals surface area (Å²) in [4.78, 5) is 43.0. The van der Waals surface area contributed by atoms with Gasteiger partial charge in [0.05, 0.1) is 5.54 Å². The van der Waals surface area contributed by atoms with Crippen LogP contribution in [0.4, 0.5) is 5.69 Å². The Labute approximate surface area is 305 Å². The van der Waals surface area contributed by atoms with Crippen LogP contribution in [0, 0.1) is 0 Å². The van der Waals surface area contributed by atoms with Crippen LogP contribution in [0.1, 0.15) is 72.9 Å². The van der Waals surface area contributed by atoms with Crippen LogP contribution < -0.4 is 16.0 Å². The van der Waals surface area contributed by atoms with E-state index in [-0.39, 0.29) is 23.3 Å². The molecule has 2 heterocycles. The zero-order valence-corrected chi connectivity index (χ0v) is 30.1. The fourth-order valence-corrected chi connectivity index (χ4v) is 7.59. The molecule has 1 spiro atoms. The molecule has 9 heteroatoms. The maximum absolute atomic E-state index is 13.5. The summed E-state index contributed by atoms with van der Waals surface area (Å²) in [6.07, 6.45) is 3.29. The fourth-order valence-electron chi connectivity index (χ4n) is 7.59. The summed E-state index contributed by atoms with van der Waals surface area (Å²) in [5.41, 5.74) is 9.34. The summed E-state index contributed by atoms with van der Waals surface area (Å²) in [5.74, 6) is -0.263. The number of nitrogens with zero attached hydrogens (tertiary/aromatic N) is 3. The van der Waals surface area contributed by atoms with Gasteiger partial charge in [-0.2, -0.15) is 0 Å². The number of rotatable bonds is 11. The Kier molecular flexibility index (Phi) is 10.1. The second kappa shape index (κ2) is 15.0. The van der Waals surface area contributed by atoms with Gasteiger partial charge in [-0.3, -0.25) is 19.3 Å². The second-order valence-corrected chi connectivity index (χ2v) is 14.1. The molecule has 1 aliphatic heterocycles. The molecule has 0 bridgehead atoms. The first-order valence-electron chi connectivity index (χ1n) is 18.0. The van der Waals surface area contributed by atoms with Gasteiger partial charge in [0.25, 0.3) is 17.7 Å². The molecule has 1 aromatic heterocycles. The van der Waals surface area contributed by atoms with Gasteiger partial charge < -0.3 is 25.4 Å². The van der Waals surface area contributed by atoms with E-state index in [9.17, 15) is 14.4 Å². The third-order valence-corrected chi connectivity index (χ3v) is 10.6. The Balaban J connectivity index is 0.945. The molecule has 1 fully saturated rings. The topological polar surface area (TPSA) is 98.7 Å². The smallest absolute Gasteiger partial charge is 0.268 e. The highest BCUT2D eigenvalue weighted by Gasteiger charge is 2.48. The van der Waals surface area contributed by atoms with E-state index in [0.717, 1.165) is 62.1 Å². The highest BCUT2D eigenvalue weighted by molar-refractivity contribution is 6.04. The maximum Gasteiger partial charge on any atom is 0.268 e. The standard InChI is InChI=1S/C43H46N6O3/c1-44-28-35-7-4-5-8-37(35)32-15-17-33(18-16-32)40(50)46-36-19-11-30(12-20-36)27-45-41(51)38-21-22-39-43(23-6-24-43)48(25-26-49(38)39)29-31-9-13-34(14-10-31)42(52)47(2)3/h4-5,7-22,44H,6,23-29H2,1-3H3,(H,45,51)(H,46,50). The molecule has 0 radical (unpaired) electrons. The Morgan fingerprint density at radius 3 is 2.10 bits per heavy atom. The van der Waals surface area contributed by atoms with Gasteiger partial charge in [0.1, 0.15) is 5.69 Å². The predicted octanol–water partition coefficient (Wildman–Crippen LogP) is 6.65. The molecule has 2 aliphatic rings. The van der Waals surface area contributed by atoms with Gasteiger partial charge in [-0.25, -0.2) is 0 Å². The molecular weight excluding hydrogens is 649 g/mol. The summed E-state index contributed by atoms with van der Waals surface area (Å²) in [5, 5.41) is 9.31. The minimum absolute atomic E-state index is 0.00489. The van der Waals surface area contributed by atoms with Crippen LogP contribution in [0.15, 0.2) is 109 Å². The third kappa shape index (κ3) is 7.02. The van der Waals surface area contributed by atoms with E-state index < -0.39 is 0 Å². The van der Waals surface area contributed by atoms with Crippen molar-refractivity contribution in [1.29, 1.82) is 0 Å². The number of benzene rings is 4. The quantitative estimate of drug-likeness (QED) is 0.144. The number of hydrogen-bond donors (Lipinski definition) is 3.